The van der Waals surface area contributed by atoms with Crippen molar-refractivity contribution in [1.29, 1.82) is 0 Å². The van der Waals surface area contributed by atoms with Gasteiger partial charge in [-0.3, -0.25) is 9.59 Å². The van der Waals surface area contributed by atoms with Crippen molar-refractivity contribution in [3.05, 3.63) is 156 Å². The third-order valence-electron chi connectivity index (χ3n) is 5.74. The molecule has 0 bridgehead atoms. The minimum atomic E-state index is -0.449. The zero-order valence-electron chi connectivity index (χ0n) is 24.6. The first kappa shape index (κ1) is 35.7. The first-order valence-electron chi connectivity index (χ1n) is 13.5. The number of ether oxygens (including phenoxy) is 2. The molecule has 0 aromatic heterocycles. The zero-order chi connectivity index (χ0) is 31.6. The normalized spacial score (nSPS) is 11.2. The maximum Gasteiger partial charge on any atom is 2.00 e. The van der Waals surface area contributed by atoms with Gasteiger partial charge >= 0.3 is 16.5 Å². The number of amides is 2. The molecule has 0 radical (unpaired) electrons. The molecule has 8 nitrogen and oxygen atoms in total. The van der Waals surface area contributed by atoms with Crippen LogP contribution >= 0.6 is 0 Å². The third kappa shape index (κ3) is 14.0. The average molecular weight is 647 g/mol. The number of anilines is 2. The van der Waals surface area contributed by atoms with Gasteiger partial charge in [0.1, 0.15) is 11.5 Å². The largest absolute Gasteiger partial charge is 2.00 e. The van der Waals surface area contributed by atoms with Crippen molar-refractivity contribution in [2.45, 2.75) is 0 Å². The number of allylic oxidation sites excluding steroid dienone is 2. The monoisotopic (exact) mass is 646 g/mol. The first-order chi connectivity index (χ1) is 21.3. The Kier molecular flexibility index (Phi) is 15.6. The SMILES string of the molecule is COc1ccc(/C=C/C([O-])=C/C(=O)Nc2ccccc2)cc1.COc1ccc(/C=C/C([O-])=C/C(=O)Nc2ccccc2)cc1.[Ni+2]. The molecule has 0 aliphatic carbocycles. The van der Waals surface area contributed by atoms with E-state index in [1.807, 2.05) is 36.4 Å². The molecule has 2 amide bonds. The van der Waals surface area contributed by atoms with Gasteiger partial charge in [-0.2, -0.15) is 0 Å². The van der Waals surface area contributed by atoms with Crippen molar-refractivity contribution in [1.82, 2.24) is 0 Å². The minimum absolute atomic E-state index is 0. The van der Waals surface area contributed by atoms with E-state index in [0.717, 1.165) is 34.8 Å². The summed E-state index contributed by atoms with van der Waals surface area (Å²) in [7, 11) is 3.18. The molecular formula is C36H32N2NiO6. The third-order valence-corrected chi connectivity index (χ3v) is 5.74. The van der Waals surface area contributed by atoms with Crippen LogP contribution in [0.3, 0.4) is 0 Å². The van der Waals surface area contributed by atoms with Crippen LogP contribution in [0.5, 0.6) is 11.5 Å². The van der Waals surface area contributed by atoms with E-state index >= 15 is 0 Å². The van der Waals surface area contributed by atoms with E-state index in [-0.39, 0.29) is 28.0 Å². The molecule has 0 aliphatic rings. The van der Waals surface area contributed by atoms with Crippen molar-refractivity contribution in [2.24, 2.45) is 0 Å². The van der Waals surface area contributed by atoms with Crippen LogP contribution in [0, 0.1) is 0 Å². The smallest absolute Gasteiger partial charge is 0.872 e. The number of rotatable bonds is 10. The fraction of sp³-hybridized carbons (Fsp3) is 0.0556. The van der Waals surface area contributed by atoms with Gasteiger partial charge in [-0.15, -0.1) is 11.5 Å². The van der Waals surface area contributed by atoms with Gasteiger partial charge in [-0.25, -0.2) is 0 Å². The number of para-hydroxylation sites is 2. The van der Waals surface area contributed by atoms with E-state index in [1.165, 1.54) is 12.2 Å². The number of nitrogens with one attached hydrogen (secondary N) is 2. The number of carbonyl (C=O) groups excluding carboxylic acids is 2. The van der Waals surface area contributed by atoms with Crippen LogP contribution in [0.2, 0.25) is 0 Å². The Morgan fingerprint density at radius 3 is 1.20 bits per heavy atom. The zero-order valence-corrected chi connectivity index (χ0v) is 25.6. The summed E-state index contributed by atoms with van der Waals surface area (Å²) in [5.74, 6) is -0.144. The van der Waals surface area contributed by atoms with Gasteiger partial charge < -0.3 is 30.3 Å². The molecule has 0 saturated carbocycles. The van der Waals surface area contributed by atoms with E-state index < -0.39 is 11.8 Å². The number of hydrogen-bond acceptors (Lipinski definition) is 6. The Hall–Kier alpha value is -5.53. The van der Waals surface area contributed by atoms with Gasteiger partial charge in [-0.1, -0.05) is 85.0 Å². The molecule has 4 aromatic carbocycles. The standard InChI is InChI=1S/2C18H17NO3.Ni/c2*1-22-17-11-8-14(9-12-17)7-10-16(20)13-18(21)19-15-5-3-2-4-6-15;/h2*2-13,20H,1H3,(H,19,21);/q;;+2/p-2/b2*10-7+,16-13-;. The predicted molar refractivity (Wildman–Crippen MR) is 170 cm³/mol. The Morgan fingerprint density at radius 1 is 0.556 bits per heavy atom. The summed E-state index contributed by atoms with van der Waals surface area (Å²) in [6.45, 7) is 0. The van der Waals surface area contributed by atoms with Crippen molar-refractivity contribution in [3.8, 4) is 11.5 Å². The fourth-order valence-electron chi connectivity index (χ4n) is 3.54. The van der Waals surface area contributed by atoms with Gasteiger partial charge in [0, 0.05) is 11.4 Å². The maximum atomic E-state index is 11.7. The number of benzene rings is 4. The van der Waals surface area contributed by atoms with Gasteiger partial charge in [-0.05, 0) is 71.8 Å². The number of methoxy groups -OCH3 is 2. The molecule has 45 heavy (non-hydrogen) atoms. The van der Waals surface area contributed by atoms with Crippen LogP contribution in [0.4, 0.5) is 11.4 Å². The van der Waals surface area contributed by atoms with Crippen LogP contribution in [-0.4, -0.2) is 26.0 Å². The summed E-state index contributed by atoms with van der Waals surface area (Å²) in [5.41, 5.74) is 3.00. The summed E-state index contributed by atoms with van der Waals surface area (Å²) in [5, 5.41) is 28.7. The first-order valence-corrected chi connectivity index (χ1v) is 13.5. The van der Waals surface area contributed by atoms with Gasteiger partial charge in [0.2, 0.25) is 11.8 Å². The van der Waals surface area contributed by atoms with Gasteiger partial charge in [0.05, 0.1) is 14.2 Å². The molecule has 4 aromatic rings. The summed E-state index contributed by atoms with van der Waals surface area (Å²) in [6.07, 6.45) is 8.04. The topological polar surface area (TPSA) is 123 Å². The molecule has 0 aliphatic heterocycles. The predicted octanol–water partition coefficient (Wildman–Crippen LogP) is 5.18. The molecule has 232 valence electrons. The van der Waals surface area contributed by atoms with E-state index in [1.54, 1.807) is 99.2 Å². The van der Waals surface area contributed by atoms with Crippen LogP contribution < -0.4 is 30.3 Å². The molecule has 9 heteroatoms. The van der Waals surface area contributed by atoms with Crippen molar-refractivity contribution in [2.75, 3.05) is 24.9 Å². The molecule has 0 heterocycles. The summed E-state index contributed by atoms with van der Waals surface area (Å²) < 4.78 is 10.1. The van der Waals surface area contributed by atoms with E-state index in [4.69, 9.17) is 9.47 Å². The second-order valence-electron chi connectivity index (χ2n) is 9.02. The Labute approximate surface area is 273 Å². The molecular weight excluding hydrogens is 615 g/mol. The molecule has 4 rings (SSSR count). The quantitative estimate of drug-likeness (QED) is 0.106. The van der Waals surface area contributed by atoms with Crippen molar-refractivity contribution < 1.29 is 45.8 Å². The van der Waals surface area contributed by atoms with E-state index in [2.05, 4.69) is 10.6 Å². The maximum absolute atomic E-state index is 11.7. The van der Waals surface area contributed by atoms with Crippen molar-refractivity contribution in [3.63, 3.8) is 0 Å². The Morgan fingerprint density at radius 2 is 0.889 bits per heavy atom. The molecule has 0 unspecified atom stereocenters. The number of hydrogen-bond donors (Lipinski definition) is 2. The molecule has 0 saturated heterocycles. The second-order valence-corrected chi connectivity index (χ2v) is 9.02. The van der Waals surface area contributed by atoms with Crippen LogP contribution in [0.15, 0.2) is 145 Å². The fourth-order valence-corrected chi connectivity index (χ4v) is 3.54. The summed E-state index contributed by atoms with van der Waals surface area (Å²) in [4.78, 5) is 23.4. The molecule has 0 fully saturated rings. The van der Waals surface area contributed by atoms with E-state index in [9.17, 15) is 19.8 Å². The van der Waals surface area contributed by atoms with Crippen LogP contribution in [0.1, 0.15) is 11.1 Å². The Bertz CT molecular complexity index is 1480. The molecule has 0 atom stereocenters. The van der Waals surface area contributed by atoms with Gasteiger partial charge in [0.15, 0.2) is 0 Å². The number of carbonyl (C=O) groups is 2. The Balaban J connectivity index is 0.000000307. The van der Waals surface area contributed by atoms with Gasteiger partial charge in [0.25, 0.3) is 0 Å². The van der Waals surface area contributed by atoms with Crippen molar-refractivity contribution >= 4 is 35.3 Å². The average Bonchev–Trinajstić information content (AvgIpc) is 3.04. The summed E-state index contributed by atoms with van der Waals surface area (Å²) >= 11 is 0. The second kappa shape index (κ2) is 19.6. The molecule has 2 N–H and O–H groups in total. The van der Waals surface area contributed by atoms with Crippen LogP contribution in [-0.2, 0) is 26.1 Å². The minimum Gasteiger partial charge on any atom is -0.872 e. The van der Waals surface area contributed by atoms with Crippen LogP contribution in [0.25, 0.3) is 12.2 Å². The summed E-state index contributed by atoms with van der Waals surface area (Å²) in [6, 6.07) is 32.4. The molecule has 0 spiro atoms. The van der Waals surface area contributed by atoms with E-state index in [0.29, 0.717) is 11.4 Å².